The molecule has 0 aliphatic heterocycles. The second-order valence-electron chi connectivity index (χ2n) is 5.65. The maximum Gasteiger partial charge on any atom is 0.337 e. The van der Waals surface area contributed by atoms with E-state index >= 15 is 0 Å². The third kappa shape index (κ3) is 5.55. The normalized spacial score (nSPS) is 11.3. The molecule has 26 heavy (non-hydrogen) atoms. The highest BCUT2D eigenvalue weighted by molar-refractivity contribution is 7.89. The van der Waals surface area contributed by atoms with Crippen LogP contribution < -0.4 is 10.0 Å². The van der Waals surface area contributed by atoms with E-state index in [0.717, 1.165) is 11.6 Å². The van der Waals surface area contributed by atoms with Gasteiger partial charge in [-0.25, -0.2) is 17.9 Å². The molecular weight excluding hydrogens is 356 g/mol. The van der Waals surface area contributed by atoms with E-state index in [2.05, 4.69) is 10.0 Å². The Morgan fingerprint density at radius 3 is 2.42 bits per heavy atom. The average molecular weight is 378 g/mol. The van der Waals surface area contributed by atoms with Gasteiger partial charge in [0, 0.05) is 25.4 Å². The number of rotatable bonds is 10. The first-order chi connectivity index (χ1) is 12.4. The highest BCUT2D eigenvalue weighted by Crippen LogP contribution is 2.21. The fourth-order valence-electron chi connectivity index (χ4n) is 2.38. The summed E-state index contributed by atoms with van der Waals surface area (Å²) >= 11 is 0. The van der Waals surface area contributed by atoms with Crippen molar-refractivity contribution in [2.75, 3.05) is 25.0 Å². The molecule has 0 fully saturated rings. The van der Waals surface area contributed by atoms with Crippen LogP contribution in [0, 0.1) is 0 Å². The molecule has 0 aliphatic rings. The molecule has 0 unspecified atom stereocenters. The Labute approximate surface area is 152 Å². The summed E-state index contributed by atoms with van der Waals surface area (Å²) in [7, 11) is -3.82. The predicted molar refractivity (Wildman–Crippen MR) is 98.9 cm³/mol. The van der Waals surface area contributed by atoms with Gasteiger partial charge in [-0.1, -0.05) is 30.3 Å². The molecule has 0 atom stereocenters. The van der Waals surface area contributed by atoms with Crippen LogP contribution in [0.2, 0.25) is 0 Å². The number of sulfonamides is 1. The predicted octanol–water partition coefficient (Wildman–Crippen LogP) is 1.70. The first-order valence-corrected chi connectivity index (χ1v) is 9.68. The zero-order valence-corrected chi connectivity index (χ0v) is 15.0. The van der Waals surface area contributed by atoms with E-state index in [9.17, 15) is 18.3 Å². The highest BCUT2D eigenvalue weighted by Gasteiger charge is 2.18. The molecular formula is C18H22N2O5S. The van der Waals surface area contributed by atoms with Gasteiger partial charge in [0.15, 0.2) is 0 Å². The van der Waals surface area contributed by atoms with Crippen LogP contribution in [-0.4, -0.2) is 44.3 Å². The van der Waals surface area contributed by atoms with Crippen LogP contribution in [0.4, 0.5) is 5.69 Å². The van der Waals surface area contributed by atoms with Gasteiger partial charge in [0.05, 0.1) is 10.5 Å². The Morgan fingerprint density at radius 1 is 1.04 bits per heavy atom. The second-order valence-corrected chi connectivity index (χ2v) is 7.42. The van der Waals surface area contributed by atoms with E-state index in [1.54, 1.807) is 0 Å². The lowest BCUT2D eigenvalue weighted by Gasteiger charge is -2.12. The molecule has 2 aromatic carbocycles. The maximum absolute atomic E-state index is 12.2. The summed E-state index contributed by atoms with van der Waals surface area (Å²) < 4.78 is 26.7. The van der Waals surface area contributed by atoms with Crippen LogP contribution in [0.15, 0.2) is 53.4 Å². The number of aliphatic hydroxyl groups is 1. The van der Waals surface area contributed by atoms with Crippen molar-refractivity contribution in [3.05, 3.63) is 59.7 Å². The van der Waals surface area contributed by atoms with Gasteiger partial charge in [-0.3, -0.25) is 0 Å². The molecule has 0 amide bonds. The summed E-state index contributed by atoms with van der Waals surface area (Å²) in [6.07, 6.45) is 0.993. The number of anilines is 1. The summed E-state index contributed by atoms with van der Waals surface area (Å²) in [6.45, 7) is 0.469. The van der Waals surface area contributed by atoms with Gasteiger partial charge in [0.2, 0.25) is 10.0 Å². The number of nitrogens with one attached hydrogen (secondary N) is 2. The number of carbonyl (C=O) groups is 1. The summed E-state index contributed by atoms with van der Waals surface area (Å²) in [5.41, 5.74) is 1.37. The zero-order valence-electron chi connectivity index (χ0n) is 14.2. The first kappa shape index (κ1) is 19.9. The molecule has 2 rings (SSSR count). The monoisotopic (exact) mass is 378 g/mol. The zero-order chi connectivity index (χ0) is 19.0. The van der Waals surface area contributed by atoms with Crippen molar-refractivity contribution >= 4 is 21.7 Å². The molecule has 2 aromatic rings. The van der Waals surface area contributed by atoms with E-state index in [4.69, 9.17) is 5.11 Å². The number of aromatic carboxylic acids is 1. The second kappa shape index (κ2) is 9.33. The van der Waals surface area contributed by atoms with Gasteiger partial charge < -0.3 is 15.5 Å². The molecule has 4 N–H and O–H groups in total. The van der Waals surface area contributed by atoms with Crippen molar-refractivity contribution in [2.45, 2.75) is 17.7 Å². The maximum atomic E-state index is 12.2. The molecule has 0 spiro atoms. The smallest absolute Gasteiger partial charge is 0.337 e. The summed E-state index contributed by atoms with van der Waals surface area (Å²) in [5.74, 6) is -1.21. The minimum atomic E-state index is -3.82. The first-order valence-electron chi connectivity index (χ1n) is 8.19. The number of benzene rings is 2. The fourth-order valence-corrected chi connectivity index (χ4v) is 3.48. The van der Waals surface area contributed by atoms with Gasteiger partial charge in [-0.05, 0) is 36.6 Å². The van der Waals surface area contributed by atoms with Crippen LogP contribution >= 0.6 is 0 Å². The average Bonchev–Trinajstić information content (AvgIpc) is 2.62. The number of carboxylic acid groups (broad SMARTS) is 1. The lowest BCUT2D eigenvalue weighted by atomic mass is 10.1. The lowest BCUT2D eigenvalue weighted by molar-refractivity contribution is 0.0697. The Morgan fingerprint density at radius 2 is 1.77 bits per heavy atom. The van der Waals surface area contributed by atoms with E-state index < -0.39 is 16.0 Å². The molecule has 8 heteroatoms. The number of hydrogen-bond donors (Lipinski definition) is 4. The summed E-state index contributed by atoms with van der Waals surface area (Å²) in [4.78, 5) is 11.4. The molecule has 0 saturated carbocycles. The van der Waals surface area contributed by atoms with Gasteiger partial charge in [0.1, 0.15) is 0 Å². The van der Waals surface area contributed by atoms with E-state index in [1.807, 2.05) is 30.3 Å². The Balaban J connectivity index is 2.11. The Bertz CT molecular complexity index is 838. The summed E-state index contributed by atoms with van der Waals surface area (Å²) in [6, 6.07) is 13.7. The van der Waals surface area contributed by atoms with Crippen molar-refractivity contribution in [3.63, 3.8) is 0 Å². The van der Waals surface area contributed by atoms with Gasteiger partial charge in [0.25, 0.3) is 0 Å². The number of hydrogen-bond acceptors (Lipinski definition) is 5. The minimum Gasteiger partial charge on any atom is -0.478 e. The number of aliphatic hydroxyl groups excluding tert-OH is 1. The lowest BCUT2D eigenvalue weighted by Crippen LogP contribution is -2.25. The largest absolute Gasteiger partial charge is 0.478 e. The van der Waals surface area contributed by atoms with Crippen LogP contribution in [-0.2, 0) is 16.4 Å². The molecule has 7 nitrogen and oxygen atoms in total. The molecule has 0 bridgehead atoms. The summed E-state index contributed by atoms with van der Waals surface area (Å²) in [5, 5.41) is 21.2. The third-order valence-electron chi connectivity index (χ3n) is 3.73. The Hall–Kier alpha value is -2.42. The van der Waals surface area contributed by atoms with Crippen molar-refractivity contribution < 1.29 is 23.4 Å². The van der Waals surface area contributed by atoms with Gasteiger partial charge >= 0.3 is 5.97 Å². The third-order valence-corrected chi connectivity index (χ3v) is 5.19. The SMILES string of the molecule is O=C(O)c1cc(S(=O)(=O)NCCCO)ccc1NCCc1ccccc1. The van der Waals surface area contributed by atoms with Crippen LogP contribution in [0.25, 0.3) is 0 Å². The minimum absolute atomic E-state index is 0.0817. The van der Waals surface area contributed by atoms with Crippen LogP contribution in [0.5, 0.6) is 0 Å². The number of carboxylic acids is 1. The van der Waals surface area contributed by atoms with Crippen molar-refractivity contribution in [2.24, 2.45) is 0 Å². The Kier molecular flexibility index (Phi) is 7.14. The van der Waals surface area contributed by atoms with Crippen LogP contribution in [0.1, 0.15) is 22.3 Å². The fraction of sp³-hybridized carbons (Fsp3) is 0.278. The van der Waals surface area contributed by atoms with Crippen molar-refractivity contribution in [3.8, 4) is 0 Å². The van der Waals surface area contributed by atoms with Crippen molar-refractivity contribution in [1.29, 1.82) is 0 Å². The van der Waals surface area contributed by atoms with E-state index in [-0.39, 0.29) is 30.0 Å². The van der Waals surface area contributed by atoms with Crippen molar-refractivity contribution in [1.82, 2.24) is 4.72 Å². The molecule has 0 saturated heterocycles. The van der Waals surface area contributed by atoms with E-state index in [1.165, 1.54) is 12.1 Å². The molecule has 0 heterocycles. The molecule has 0 aromatic heterocycles. The van der Waals surface area contributed by atoms with E-state index in [0.29, 0.717) is 18.7 Å². The topological polar surface area (TPSA) is 116 Å². The quantitative estimate of drug-likeness (QED) is 0.468. The molecule has 0 radical (unpaired) electrons. The molecule has 140 valence electrons. The standard InChI is InChI=1S/C18H22N2O5S/c21-12-4-10-20-26(24,25)15-7-8-17(16(13-15)18(22)23)19-11-9-14-5-2-1-3-6-14/h1-3,5-8,13,19-21H,4,9-12H2,(H,22,23). The highest BCUT2D eigenvalue weighted by atomic mass is 32.2. The van der Waals surface area contributed by atoms with Gasteiger partial charge in [-0.15, -0.1) is 0 Å². The van der Waals surface area contributed by atoms with Crippen LogP contribution in [0.3, 0.4) is 0 Å². The molecule has 0 aliphatic carbocycles. The van der Waals surface area contributed by atoms with Gasteiger partial charge in [-0.2, -0.15) is 0 Å².